The predicted octanol–water partition coefficient (Wildman–Crippen LogP) is 1.64. The zero-order valence-corrected chi connectivity index (χ0v) is 13.0. The van der Waals surface area contributed by atoms with Gasteiger partial charge in [-0.25, -0.2) is 8.42 Å². The number of benzene rings is 1. The minimum Gasteiger partial charge on any atom is -0.411 e. The molecule has 0 saturated carbocycles. The minimum atomic E-state index is -3.19. The van der Waals surface area contributed by atoms with Crippen molar-refractivity contribution in [3.8, 4) is 11.5 Å². The lowest BCUT2D eigenvalue weighted by Crippen LogP contribution is -2.19. The maximum absolute atomic E-state index is 11.4. The fourth-order valence-corrected chi connectivity index (χ4v) is 5.49. The van der Waals surface area contributed by atoms with Gasteiger partial charge in [0.25, 0.3) is 5.22 Å². The van der Waals surface area contributed by atoms with Crippen LogP contribution >= 0.6 is 23.4 Å². The topological polar surface area (TPSA) is 93.3 Å². The molecule has 0 spiro atoms. The molecule has 2 atom stereocenters. The highest BCUT2D eigenvalue weighted by Gasteiger charge is 2.38. The molecule has 21 heavy (non-hydrogen) atoms. The summed E-state index contributed by atoms with van der Waals surface area (Å²) in [7, 11) is -3.19. The van der Waals surface area contributed by atoms with Crippen molar-refractivity contribution in [1.29, 1.82) is 0 Å². The average molecular weight is 347 g/mol. The van der Waals surface area contributed by atoms with Crippen LogP contribution in [-0.2, 0) is 9.84 Å². The Balaban J connectivity index is 1.75. The van der Waals surface area contributed by atoms with E-state index in [4.69, 9.17) is 16.0 Å². The SMILES string of the molecule is O=S1(=O)C[C@H](Sc2nnc(-c3ccc(Cl)cc3)o2)[C@@H](O)C1. The number of aromatic nitrogens is 2. The number of thioether (sulfide) groups is 1. The molecule has 112 valence electrons. The summed E-state index contributed by atoms with van der Waals surface area (Å²) in [6.45, 7) is 0. The van der Waals surface area contributed by atoms with Gasteiger partial charge < -0.3 is 9.52 Å². The summed E-state index contributed by atoms with van der Waals surface area (Å²) in [6, 6.07) is 6.92. The second kappa shape index (κ2) is 5.60. The van der Waals surface area contributed by atoms with Crippen LogP contribution in [-0.4, -0.2) is 46.6 Å². The Kier molecular flexibility index (Phi) is 3.96. The maximum atomic E-state index is 11.4. The van der Waals surface area contributed by atoms with Crippen molar-refractivity contribution in [2.75, 3.05) is 11.5 Å². The lowest BCUT2D eigenvalue weighted by atomic mass is 10.2. The Hall–Kier alpha value is -1.09. The Bertz CT molecular complexity index is 745. The number of aliphatic hydroxyl groups is 1. The van der Waals surface area contributed by atoms with Crippen LogP contribution < -0.4 is 0 Å². The largest absolute Gasteiger partial charge is 0.411 e. The van der Waals surface area contributed by atoms with E-state index in [9.17, 15) is 13.5 Å². The van der Waals surface area contributed by atoms with Gasteiger partial charge in [0.05, 0.1) is 22.9 Å². The quantitative estimate of drug-likeness (QED) is 0.902. The summed E-state index contributed by atoms with van der Waals surface area (Å²) >= 11 is 6.89. The van der Waals surface area contributed by atoms with Crippen molar-refractivity contribution < 1.29 is 17.9 Å². The molecule has 0 aliphatic carbocycles. The van der Waals surface area contributed by atoms with Gasteiger partial charge in [-0.15, -0.1) is 10.2 Å². The molecule has 1 aromatic carbocycles. The summed E-state index contributed by atoms with van der Waals surface area (Å²) in [6.07, 6.45) is -0.911. The number of hydrogen-bond acceptors (Lipinski definition) is 7. The Morgan fingerprint density at radius 3 is 2.57 bits per heavy atom. The fraction of sp³-hybridized carbons (Fsp3) is 0.333. The molecule has 9 heteroatoms. The first-order valence-corrected chi connectivity index (χ1v) is 9.15. The first kappa shape index (κ1) is 14.8. The van der Waals surface area contributed by atoms with Crippen LogP contribution in [0.4, 0.5) is 0 Å². The zero-order valence-electron chi connectivity index (χ0n) is 10.6. The van der Waals surface area contributed by atoms with Gasteiger partial charge in [-0.2, -0.15) is 0 Å². The average Bonchev–Trinajstić information content (AvgIpc) is 2.96. The monoisotopic (exact) mass is 346 g/mol. The van der Waals surface area contributed by atoms with Crippen LogP contribution in [0.15, 0.2) is 33.9 Å². The maximum Gasteiger partial charge on any atom is 0.277 e. The van der Waals surface area contributed by atoms with Gasteiger partial charge in [0, 0.05) is 10.6 Å². The van der Waals surface area contributed by atoms with E-state index in [2.05, 4.69) is 10.2 Å². The summed E-state index contributed by atoms with van der Waals surface area (Å²) in [5.74, 6) is 0.0184. The van der Waals surface area contributed by atoms with Gasteiger partial charge in [0.15, 0.2) is 9.84 Å². The number of rotatable bonds is 3. The van der Waals surface area contributed by atoms with E-state index >= 15 is 0 Å². The van der Waals surface area contributed by atoms with Gasteiger partial charge in [-0.3, -0.25) is 0 Å². The predicted molar refractivity (Wildman–Crippen MR) is 79.0 cm³/mol. The van der Waals surface area contributed by atoms with Crippen LogP contribution in [0, 0.1) is 0 Å². The molecule has 0 amide bonds. The van der Waals surface area contributed by atoms with E-state index in [1.807, 2.05) is 0 Å². The third kappa shape index (κ3) is 3.39. The third-order valence-electron chi connectivity index (χ3n) is 3.02. The van der Waals surface area contributed by atoms with Crippen molar-refractivity contribution in [2.24, 2.45) is 0 Å². The molecule has 1 N–H and O–H groups in total. The van der Waals surface area contributed by atoms with Crippen molar-refractivity contribution in [1.82, 2.24) is 10.2 Å². The number of halogens is 1. The van der Waals surface area contributed by atoms with E-state index < -0.39 is 21.2 Å². The molecule has 2 aromatic rings. The molecule has 1 aliphatic rings. The Morgan fingerprint density at radius 1 is 1.24 bits per heavy atom. The lowest BCUT2D eigenvalue weighted by Gasteiger charge is -2.07. The third-order valence-corrected chi connectivity index (χ3v) is 6.35. The lowest BCUT2D eigenvalue weighted by molar-refractivity contribution is 0.207. The smallest absolute Gasteiger partial charge is 0.277 e. The number of sulfone groups is 1. The molecule has 2 heterocycles. The highest BCUT2D eigenvalue weighted by Crippen LogP contribution is 2.32. The van der Waals surface area contributed by atoms with Crippen molar-refractivity contribution in [3.63, 3.8) is 0 Å². The number of nitrogens with zero attached hydrogens (tertiary/aromatic N) is 2. The fourth-order valence-electron chi connectivity index (χ4n) is 2.01. The molecule has 1 aromatic heterocycles. The normalized spacial score (nSPS) is 24.3. The van der Waals surface area contributed by atoms with E-state index in [0.717, 1.165) is 17.3 Å². The summed E-state index contributed by atoms with van der Waals surface area (Å²) < 4.78 is 28.4. The summed E-state index contributed by atoms with van der Waals surface area (Å²) in [4.78, 5) is 0. The molecule has 0 radical (unpaired) electrons. The molecule has 1 fully saturated rings. The summed E-state index contributed by atoms with van der Waals surface area (Å²) in [5.41, 5.74) is 0.721. The van der Waals surface area contributed by atoms with Gasteiger partial charge >= 0.3 is 0 Å². The molecule has 3 rings (SSSR count). The highest BCUT2D eigenvalue weighted by atomic mass is 35.5. The highest BCUT2D eigenvalue weighted by molar-refractivity contribution is 8.01. The van der Waals surface area contributed by atoms with Crippen LogP contribution in [0.3, 0.4) is 0 Å². The molecule has 6 nitrogen and oxygen atoms in total. The van der Waals surface area contributed by atoms with Crippen LogP contribution in [0.25, 0.3) is 11.5 Å². The van der Waals surface area contributed by atoms with Crippen molar-refractivity contribution in [3.05, 3.63) is 29.3 Å². The number of hydrogen-bond donors (Lipinski definition) is 1. The molecule has 0 bridgehead atoms. The molecule has 1 saturated heterocycles. The standard InChI is InChI=1S/C12H11ClN2O4S2/c13-8-3-1-7(2-4-8)11-14-15-12(19-11)20-10-6-21(17,18)5-9(10)16/h1-4,9-10,16H,5-6H2/t9-,10-/m0/s1. The van der Waals surface area contributed by atoms with Crippen molar-refractivity contribution >= 4 is 33.2 Å². The van der Waals surface area contributed by atoms with Gasteiger partial charge in [0.1, 0.15) is 0 Å². The first-order valence-electron chi connectivity index (χ1n) is 6.07. The minimum absolute atomic E-state index is 0.0858. The van der Waals surface area contributed by atoms with Crippen molar-refractivity contribution in [2.45, 2.75) is 16.6 Å². The Morgan fingerprint density at radius 2 is 1.95 bits per heavy atom. The Labute approximate surface area is 130 Å². The van der Waals surface area contributed by atoms with E-state index in [1.165, 1.54) is 0 Å². The van der Waals surface area contributed by atoms with Gasteiger partial charge in [-0.1, -0.05) is 23.4 Å². The van der Waals surface area contributed by atoms with Crippen LogP contribution in [0.2, 0.25) is 5.02 Å². The van der Waals surface area contributed by atoms with Crippen LogP contribution in [0.1, 0.15) is 0 Å². The molecular formula is C12H11ClN2O4S2. The second-order valence-electron chi connectivity index (χ2n) is 4.68. The first-order chi connectivity index (χ1) is 9.93. The van der Waals surface area contributed by atoms with Crippen LogP contribution in [0.5, 0.6) is 0 Å². The summed E-state index contributed by atoms with van der Waals surface area (Å²) in [5, 5.41) is 17.9. The molecule has 1 aliphatic heterocycles. The van der Waals surface area contributed by atoms with E-state index in [0.29, 0.717) is 10.9 Å². The number of aliphatic hydroxyl groups excluding tert-OH is 1. The second-order valence-corrected chi connectivity index (χ2v) is 8.46. The van der Waals surface area contributed by atoms with Gasteiger partial charge in [0.2, 0.25) is 5.89 Å². The van der Waals surface area contributed by atoms with E-state index in [1.54, 1.807) is 24.3 Å². The molecule has 0 unspecified atom stereocenters. The molecular weight excluding hydrogens is 336 g/mol. The zero-order chi connectivity index (χ0) is 15.0. The van der Waals surface area contributed by atoms with E-state index in [-0.39, 0.29) is 16.7 Å². The van der Waals surface area contributed by atoms with Gasteiger partial charge in [-0.05, 0) is 24.3 Å².